The topological polar surface area (TPSA) is 47.0 Å². The fourth-order valence-corrected chi connectivity index (χ4v) is 2.89. The van der Waals surface area contributed by atoms with Gasteiger partial charge in [0.05, 0.1) is 5.52 Å². The molecule has 2 aromatic rings. The first-order chi connectivity index (χ1) is 8.34. The van der Waals surface area contributed by atoms with Gasteiger partial charge in [0.15, 0.2) is 0 Å². The fraction of sp³-hybridized carbons (Fsp3) is 0.500. The maximum Gasteiger partial charge on any atom is 0.235 e. The highest BCUT2D eigenvalue weighted by Gasteiger charge is 2.23. The first-order valence-electron chi connectivity index (χ1n) is 5.90. The lowest BCUT2D eigenvalue weighted by atomic mass is 9.97. The SMILES string of the molecule is CC1CCNCC1Oc1ncnc2ccsc12. The van der Waals surface area contributed by atoms with E-state index in [1.54, 1.807) is 17.7 Å². The normalized spacial score (nSPS) is 25.0. The number of rotatable bonds is 2. The van der Waals surface area contributed by atoms with Crippen molar-refractivity contribution in [2.24, 2.45) is 5.92 Å². The van der Waals surface area contributed by atoms with E-state index in [1.165, 1.54) is 0 Å². The average molecular weight is 249 g/mol. The third-order valence-electron chi connectivity index (χ3n) is 3.23. The van der Waals surface area contributed by atoms with E-state index >= 15 is 0 Å². The highest BCUT2D eigenvalue weighted by molar-refractivity contribution is 7.17. The lowest BCUT2D eigenvalue weighted by Gasteiger charge is -2.29. The molecule has 1 aliphatic rings. The quantitative estimate of drug-likeness (QED) is 0.885. The summed E-state index contributed by atoms with van der Waals surface area (Å²) in [6.45, 7) is 4.22. The van der Waals surface area contributed by atoms with Crippen molar-refractivity contribution in [2.75, 3.05) is 13.1 Å². The van der Waals surface area contributed by atoms with E-state index in [1.807, 2.05) is 11.4 Å². The number of hydrogen-bond acceptors (Lipinski definition) is 5. The number of aromatic nitrogens is 2. The lowest BCUT2D eigenvalue weighted by Crippen LogP contribution is -2.43. The molecule has 0 aliphatic carbocycles. The first kappa shape index (κ1) is 10.9. The molecule has 3 heterocycles. The number of thiophene rings is 1. The second-order valence-electron chi connectivity index (χ2n) is 4.44. The number of piperidine rings is 1. The zero-order valence-corrected chi connectivity index (χ0v) is 10.5. The summed E-state index contributed by atoms with van der Waals surface area (Å²) in [7, 11) is 0. The highest BCUT2D eigenvalue weighted by Crippen LogP contribution is 2.28. The summed E-state index contributed by atoms with van der Waals surface area (Å²) >= 11 is 1.63. The summed E-state index contributed by atoms with van der Waals surface area (Å²) in [5, 5.41) is 5.38. The van der Waals surface area contributed by atoms with Crippen molar-refractivity contribution in [3.63, 3.8) is 0 Å². The van der Waals surface area contributed by atoms with Crippen LogP contribution in [0.2, 0.25) is 0 Å². The van der Waals surface area contributed by atoms with E-state index in [9.17, 15) is 0 Å². The maximum absolute atomic E-state index is 6.04. The molecule has 2 aromatic heterocycles. The molecule has 90 valence electrons. The van der Waals surface area contributed by atoms with Crippen molar-refractivity contribution in [2.45, 2.75) is 19.4 Å². The second kappa shape index (κ2) is 4.58. The molecule has 0 saturated carbocycles. The summed E-state index contributed by atoms with van der Waals surface area (Å²) in [5.74, 6) is 1.30. The van der Waals surface area contributed by atoms with E-state index in [2.05, 4.69) is 22.2 Å². The lowest BCUT2D eigenvalue weighted by molar-refractivity contribution is 0.111. The van der Waals surface area contributed by atoms with Gasteiger partial charge in [-0.05, 0) is 30.3 Å². The zero-order chi connectivity index (χ0) is 11.7. The Morgan fingerprint density at radius 3 is 3.29 bits per heavy atom. The van der Waals surface area contributed by atoms with E-state index in [4.69, 9.17) is 4.74 Å². The third kappa shape index (κ3) is 2.12. The van der Waals surface area contributed by atoms with E-state index in [0.717, 1.165) is 35.6 Å². The number of nitrogens with zero attached hydrogens (tertiary/aromatic N) is 2. The molecule has 2 atom stereocenters. The minimum atomic E-state index is 0.212. The summed E-state index contributed by atoms with van der Waals surface area (Å²) < 4.78 is 7.08. The van der Waals surface area contributed by atoms with Gasteiger partial charge in [-0.15, -0.1) is 11.3 Å². The molecule has 1 N–H and O–H groups in total. The van der Waals surface area contributed by atoms with Crippen LogP contribution in [0.25, 0.3) is 10.2 Å². The van der Waals surface area contributed by atoms with Gasteiger partial charge < -0.3 is 10.1 Å². The molecule has 0 amide bonds. The Bertz CT molecular complexity index is 513. The van der Waals surface area contributed by atoms with Crippen LogP contribution in [0.5, 0.6) is 5.88 Å². The van der Waals surface area contributed by atoms with Gasteiger partial charge in [-0.3, -0.25) is 0 Å². The van der Waals surface area contributed by atoms with E-state index in [0.29, 0.717) is 5.92 Å². The van der Waals surface area contributed by atoms with Gasteiger partial charge in [-0.25, -0.2) is 9.97 Å². The van der Waals surface area contributed by atoms with Crippen molar-refractivity contribution in [1.82, 2.24) is 15.3 Å². The molecular formula is C12H15N3OS. The van der Waals surface area contributed by atoms with Gasteiger partial charge in [-0.1, -0.05) is 6.92 Å². The number of ether oxygens (including phenoxy) is 1. The Morgan fingerprint density at radius 1 is 1.47 bits per heavy atom. The molecule has 2 unspecified atom stereocenters. The van der Waals surface area contributed by atoms with Gasteiger partial charge in [-0.2, -0.15) is 0 Å². The average Bonchev–Trinajstić information content (AvgIpc) is 2.81. The molecule has 0 spiro atoms. The van der Waals surface area contributed by atoms with Crippen LogP contribution in [0, 0.1) is 5.92 Å². The summed E-state index contributed by atoms with van der Waals surface area (Å²) in [6.07, 6.45) is 2.94. The highest BCUT2D eigenvalue weighted by atomic mass is 32.1. The van der Waals surface area contributed by atoms with Gasteiger partial charge in [0.2, 0.25) is 5.88 Å². The smallest absolute Gasteiger partial charge is 0.235 e. The van der Waals surface area contributed by atoms with Crippen molar-refractivity contribution in [3.05, 3.63) is 17.8 Å². The molecule has 3 rings (SSSR count). The molecule has 4 nitrogen and oxygen atoms in total. The Kier molecular flexibility index (Phi) is 2.94. The summed E-state index contributed by atoms with van der Waals surface area (Å²) in [4.78, 5) is 8.47. The maximum atomic E-state index is 6.04. The second-order valence-corrected chi connectivity index (χ2v) is 5.36. The Hall–Kier alpha value is -1.20. The first-order valence-corrected chi connectivity index (χ1v) is 6.78. The van der Waals surface area contributed by atoms with Gasteiger partial charge in [0.1, 0.15) is 17.1 Å². The molecular weight excluding hydrogens is 234 g/mol. The molecule has 5 heteroatoms. The van der Waals surface area contributed by atoms with Crippen LogP contribution >= 0.6 is 11.3 Å². The minimum Gasteiger partial charge on any atom is -0.472 e. The Labute approximate surface area is 104 Å². The monoisotopic (exact) mass is 249 g/mol. The zero-order valence-electron chi connectivity index (χ0n) is 9.72. The van der Waals surface area contributed by atoms with Crippen LogP contribution in [0.3, 0.4) is 0 Å². The van der Waals surface area contributed by atoms with E-state index < -0.39 is 0 Å². The minimum absolute atomic E-state index is 0.212. The number of nitrogens with one attached hydrogen (secondary N) is 1. The predicted octanol–water partition coefficient (Wildman–Crippen LogP) is 2.07. The third-order valence-corrected chi connectivity index (χ3v) is 4.12. The van der Waals surface area contributed by atoms with Crippen molar-refractivity contribution >= 4 is 21.6 Å². The van der Waals surface area contributed by atoms with Crippen LogP contribution in [0.4, 0.5) is 0 Å². The van der Waals surface area contributed by atoms with Crippen molar-refractivity contribution in [1.29, 1.82) is 0 Å². The van der Waals surface area contributed by atoms with Crippen LogP contribution in [-0.2, 0) is 0 Å². The van der Waals surface area contributed by atoms with Gasteiger partial charge in [0, 0.05) is 6.54 Å². The largest absolute Gasteiger partial charge is 0.472 e. The van der Waals surface area contributed by atoms with E-state index in [-0.39, 0.29) is 6.10 Å². The van der Waals surface area contributed by atoms with Gasteiger partial charge in [0.25, 0.3) is 0 Å². The fourth-order valence-electron chi connectivity index (χ4n) is 2.11. The number of hydrogen-bond donors (Lipinski definition) is 1. The molecule has 1 aliphatic heterocycles. The standard InChI is InChI=1S/C12H15N3OS/c1-8-2-4-13-6-10(8)16-12-11-9(3-5-17-11)14-7-15-12/h3,5,7-8,10,13H,2,4,6H2,1H3. The van der Waals surface area contributed by atoms with Crippen LogP contribution in [0.1, 0.15) is 13.3 Å². The van der Waals surface area contributed by atoms with Crippen LogP contribution in [-0.4, -0.2) is 29.2 Å². The summed E-state index contributed by atoms with van der Waals surface area (Å²) in [6, 6.07) is 2.00. The number of fused-ring (bicyclic) bond motifs is 1. The summed E-state index contributed by atoms with van der Waals surface area (Å²) in [5.41, 5.74) is 0.969. The van der Waals surface area contributed by atoms with Crippen LogP contribution < -0.4 is 10.1 Å². The molecule has 0 radical (unpaired) electrons. The molecule has 1 fully saturated rings. The molecule has 1 saturated heterocycles. The molecule has 17 heavy (non-hydrogen) atoms. The van der Waals surface area contributed by atoms with Crippen molar-refractivity contribution in [3.8, 4) is 5.88 Å². The Morgan fingerprint density at radius 2 is 2.41 bits per heavy atom. The predicted molar refractivity (Wildman–Crippen MR) is 68.5 cm³/mol. The molecule has 0 bridgehead atoms. The van der Waals surface area contributed by atoms with Gasteiger partial charge >= 0.3 is 0 Å². The molecule has 0 aromatic carbocycles. The Balaban J connectivity index is 1.86. The van der Waals surface area contributed by atoms with Crippen LogP contribution in [0.15, 0.2) is 17.8 Å². The van der Waals surface area contributed by atoms with Crippen molar-refractivity contribution < 1.29 is 4.74 Å².